The summed E-state index contributed by atoms with van der Waals surface area (Å²) in [7, 11) is 1.99. The summed E-state index contributed by atoms with van der Waals surface area (Å²) in [6, 6.07) is 36.3. The SMILES string of the molecule is CC[N+]1(C)CC(c2ccc(OCc3ccccc3)cc2)(c2ccc(OCc3ccccc3)cc2)OCC1=O. The lowest BCUT2D eigenvalue weighted by atomic mass is 9.83. The third-order valence-corrected chi connectivity index (χ3v) is 7.45. The molecular formula is C33H34NO4+. The van der Waals surface area contributed by atoms with Crippen LogP contribution in [0.25, 0.3) is 0 Å². The number of ether oxygens (including phenoxy) is 3. The molecule has 1 aliphatic heterocycles. The first-order valence-corrected chi connectivity index (χ1v) is 13.1. The monoisotopic (exact) mass is 508 g/mol. The van der Waals surface area contributed by atoms with Crippen LogP contribution in [0.1, 0.15) is 29.2 Å². The molecule has 4 aromatic rings. The molecule has 1 aliphatic rings. The molecule has 38 heavy (non-hydrogen) atoms. The molecule has 5 heteroatoms. The highest BCUT2D eigenvalue weighted by atomic mass is 16.5. The topological polar surface area (TPSA) is 44.8 Å². The Morgan fingerprint density at radius 3 is 1.58 bits per heavy atom. The predicted molar refractivity (Wildman–Crippen MR) is 148 cm³/mol. The second kappa shape index (κ2) is 11.2. The normalized spacial score (nSPS) is 18.6. The maximum atomic E-state index is 12.9. The Balaban J connectivity index is 1.40. The Bertz CT molecular complexity index is 1250. The Morgan fingerprint density at radius 2 is 1.16 bits per heavy atom. The van der Waals surface area contributed by atoms with E-state index in [9.17, 15) is 4.79 Å². The standard InChI is InChI=1S/C33H34NO4/c1-3-34(2)25-33(38-24-32(34)35,28-14-18-30(19-15-28)36-22-26-10-6-4-7-11-26)29-16-20-31(21-17-29)37-23-27-12-8-5-9-13-27/h4-21H,3,22-25H2,1-2H3/q+1. The van der Waals surface area contributed by atoms with Crippen molar-refractivity contribution in [1.82, 2.24) is 0 Å². The molecule has 5 nitrogen and oxygen atoms in total. The number of hydrogen-bond donors (Lipinski definition) is 0. The Kier molecular flexibility index (Phi) is 7.59. The summed E-state index contributed by atoms with van der Waals surface area (Å²) in [6.07, 6.45) is 0. The number of quaternary nitrogens is 1. The molecule has 1 atom stereocenters. The largest absolute Gasteiger partial charge is 0.489 e. The van der Waals surface area contributed by atoms with E-state index in [1.165, 1.54) is 0 Å². The Labute approximate surface area is 224 Å². The first kappa shape index (κ1) is 25.7. The number of morpholine rings is 1. The van der Waals surface area contributed by atoms with Gasteiger partial charge in [-0.2, -0.15) is 0 Å². The number of nitrogens with zero attached hydrogens (tertiary/aromatic N) is 1. The van der Waals surface area contributed by atoms with Crippen molar-refractivity contribution in [3.8, 4) is 11.5 Å². The predicted octanol–water partition coefficient (Wildman–Crippen LogP) is 6.11. The van der Waals surface area contributed by atoms with Crippen LogP contribution in [0.2, 0.25) is 0 Å². The third kappa shape index (κ3) is 5.49. The van der Waals surface area contributed by atoms with Crippen LogP contribution in [0.5, 0.6) is 11.5 Å². The highest BCUT2D eigenvalue weighted by Crippen LogP contribution is 2.40. The summed E-state index contributed by atoms with van der Waals surface area (Å²) in [5, 5.41) is 0. The van der Waals surface area contributed by atoms with E-state index in [1.807, 2.05) is 92.0 Å². The minimum absolute atomic E-state index is 0.0584. The lowest BCUT2D eigenvalue weighted by Gasteiger charge is -2.45. The van der Waals surface area contributed by atoms with Gasteiger partial charge in [-0.3, -0.25) is 4.48 Å². The van der Waals surface area contributed by atoms with E-state index in [-0.39, 0.29) is 12.5 Å². The van der Waals surface area contributed by atoms with Gasteiger partial charge in [-0.25, -0.2) is 4.79 Å². The minimum atomic E-state index is -0.769. The Morgan fingerprint density at radius 1 is 0.711 bits per heavy atom. The zero-order valence-electron chi connectivity index (χ0n) is 22.0. The molecule has 0 radical (unpaired) electrons. The number of rotatable bonds is 9. The molecule has 1 saturated heterocycles. The molecule has 1 amide bonds. The van der Waals surface area contributed by atoms with Crippen LogP contribution < -0.4 is 9.47 Å². The van der Waals surface area contributed by atoms with Gasteiger partial charge in [-0.15, -0.1) is 0 Å². The number of amides is 1. The van der Waals surface area contributed by atoms with Gasteiger partial charge in [0.2, 0.25) is 0 Å². The van der Waals surface area contributed by atoms with Crippen molar-refractivity contribution in [2.45, 2.75) is 25.7 Å². The van der Waals surface area contributed by atoms with E-state index in [0.29, 0.717) is 30.8 Å². The lowest BCUT2D eigenvalue weighted by molar-refractivity contribution is -0.847. The van der Waals surface area contributed by atoms with Crippen LogP contribution in [-0.4, -0.2) is 37.1 Å². The molecule has 0 aliphatic carbocycles. The first-order chi connectivity index (χ1) is 18.5. The van der Waals surface area contributed by atoms with Gasteiger partial charge < -0.3 is 14.2 Å². The smallest absolute Gasteiger partial charge is 0.339 e. The van der Waals surface area contributed by atoms with Crippen LogP contribution in [0.4, 0.5) is 0 Å². The number of carbonyl (C=O) groups excluding carboxylic acids is 1. The summed E-state index contributed by atoms with van der Waals surface area (Å²) in [4.78, 5) is 12.9. The van der Waals surface area contributed by atoms with Crippen LogP contribution in [0, 0.1) is 0 Å². The average molecular weight is 509 g/mol. The minimum Gasteiger partial charge on any atom is -0.489 e. The van der Waals surface area contributed by atoms with E-state index in [4.69, 9.17) is 14.2 Å². The number of hydrogen-bond acceptors (Lipinski definition) is 4. The van der Waals surface area contributed by atoms with Crippen molar-refractivity contribution in [3.05, 3.63) is 131 Å². The van der Waals surface area contributed by atoms with Crippen molar-refractivity contribution in [2.75, 3.05) is 26.7 Å². The fourth-order valence-electron chi connectivity index (χ4n) is 4.89. The molecule has 1 fully saturated rings. The van der Waals surface area contributed by atoms with Crippen molar-refractivity contribution >= 4 is 5.91 Å². The lowest BCUT2D eigenvalue weighted by Crippen LogP contribution is -2.63. The molecule has 0 saturated carbocycles. The summed E-state index contributed by atoms with van der Waals surface area (Å²) in [5.41, 5.74) is 3.45. The molecule has 0 aromatic heterocycles. The van der Waals surface area contributed by atoms with E-state index in [0.717, 1.165) is 33.8 Å². The van der Waals surface area contributed by atoms with Crippen LogP contribution in [0.3, 0.4) is 0 Å². The second-order valence-corrected chi connectivity index (χ2v) is 9.98. The molecule has 0 bridgehead atoms. The summed E-state index contributed by atoms with van der Waals surface area (Å²) in [5.74, 6) is 1.67. The maximum absolute atomic E-state index is 12.9. The van der Waals surface area contributed by atoms with Gasteiger partial charge >= 0.3 is 5.91 Å². The van der Waals surface area contributed by atoms with Gasteiger partial charge in [0.05, 0.1) is 13.6 Å². The zero-order valence-corrected chi connectivity index (χ0v) is 22.0. The van der Waals surface area contributed by atoms with Crippen molar-refractivity contribution in [2.24, 2.45) is 0 Å². The highest BCUT2D eigenvalue weighted by molar-refractivity contribution is 5.71. The summed E-state index contributed by atoms with van der Waals surface area (Å²) in [6.45, 7) is 4.33. The molecule has 4 aromatic carbocycles. The Hall–Kier alpha value is -3.93. The van der Waals surface area contributed by atoms with E-state index in [2.05, 4.69) is 31.2 Å². The molecular weight excluding hydrogens is 474 g/mol. The zero-order chi connectivity index (χ0) is 26.4. The van der Waals surface area contributed by atoms with Gasteiger partial charge in [0.25, 0.3) is 0 Å². The molecule has 5 rings (SSSR count). The van der Waals surface area contributed by atoms with Gasteiger partial charge in [-0.1, -0.05) is 84.9 Å². The van der Waals surface area contributed by atoms with Gasteiger partial charge in [0, 0.05) is 0 Å². The number of benzene rings is 4. The van der Waals surface area contributed by atoms with Gasteiger partial charge in [0.1, 0.15) is 31.3 Å². The van der Waals surface area contributed by atoms with Crippen LogP contribution >= 0.6 is 0 Å². The van der Waals surface area contributed by atoms with E-state index >= 15 is 0 Å². The molecule has 1 unspecified atom stereocenters. The third-order valence-electron chi connectivity index (χ3n) is 7.45. The molecule has 0 N–H and O–H groups in total. The second-order valence-electron chi connectivity index (χ2n) is 9.98. The highest BCUT2D eigenvalue weighted by Gasteiger charge is 2.50. The molecule has 1 heterocycles. The first-order valence-electron chi connectivity index (χ1n) is 13.1. The fraction of sp³-hybridized carbons (Fsp3) is 0.242. The summed E-state index contributed by atoms with van der Waals surface area (Å²) >= 11 is 0. The van der Waals surface area contributed by atoms with Crippen molar-refractivity contribution in [1.29, 1.82) is 0 Å². The van der Waals surface area contributed by atoms with E-state index < -0.39 is 5.60 Å². The van der Waals surface area contributed by atoms with Crippen LogP contribution in [-0.2, 0) is 28.3 Å². The van der Waals surface area contributed by atoms with Gasteiger partial charge in [-0.05, 0) is 53.4 Å². The quantitative estimate of drug-likeness (QED) is 0.256. The van der Waals surface area contributed by atoms with Crippen molar-refractivity contribution < 1.29 is 23.5 Å². The van der Waals surface area contributed by atoms with Crippen molar-refractivity contribution in [3.63, 3.8) is 0 Å². The van der Waals surface area contributed by atoms with Crippen LogP contribution in [0.15, 0.2) is 109 Å². The number of carbonyl (C=O) groups is 1. The number of likely N-dealkylation sites (N-methyl/N-ethyl adjacent to an activating group) is 1. The average Bonchev–Trinajstić information content (AvgIpc) is 2.98. The van der Waals surface area contributed by atoms with Gasteiger partial charge in [0.15, 0.2) is 12.2 Å². The molecule has 194 valence electrons. The molecule has 0 spiro atoms. The summed E-state index contributed by atoms with van der Waals surface area (Å²) < 4.78 is 18.8. The maximum Gasteiger partial charge on any atom is 0.339 e. The fourth-order valence-corrected chi connectivity index (χ4v) is 4.89. The van der Waals surface area contributed by atoms with E-state index in [1.54, 1.807) is 0 Å².